The first kappa shape index (κ1) is 20.1. The number of hydrogen-bond acceptors (Lipinski definition) is 3. The summed E-state index contributed by atoms with van der Waals surface area (Å²) in [5.74, 6) is -1.25. The average molecular weight is 424 g/mol. The fourth-order valence-corrected chi connectivity index (χ4v) is 3.17. The number of nitrogens with one attached hydrogen (secondary N) is 2. The predicted molar refractivity (Wildman–Crippen MR) is 109 cm³/mol. The van der Waals surface area contributed by atoms with Crippen LogP contribution in [0.3, 0.4) is 0 Å². The van der Waals surface area contributed by atoms with Crippen molar-refractivity contribution in [1.29, 1.82) is 0 Å². The Labute approximate surface area is 173 Å². The molecule has 6 nitrogen and oxygen atoms in total. The number of carbonyl (C=O) groups is 2. The lowest BCUT2D eigenvalue weighted by molar-refractivity contribution is -0.137. The highest BCUT2D eigenvalue weighted by atomic mass is 19.4. The summed E-state index contributed by atoms with van der Waals surface area (Å²) >= 11 is 0. The number of nitrogens with zero attached hydrogens (tertiary/aromatic N) is 1. The molecule has 4 rings (SSSR count). The van der Waals surface area contributed by atoms with E-state index in [1.165, 1.54) is 12.1 Å². The van der Waals surface area contributed by atoms with E-state index in [0.717, 1.165) is 12.1 Å². The molecule has 4 N–H and O–H groups in total. The van der Waals surface area contributed by atoms with Gasteiger partial charge in [-0.1, -0.05) is 18.2 Å². The van der Waals surface area contributed by atoms with Gasteiger partial charge in [-0.05, 0) is 48.5 Å². The molecule has 0 aliphatic carbocycles. The lowest BCUT2D eigenvalue weighted by Gasteiger charge is -2.10. The molecule has 0 aliphatic heterocycles. The molecule has 0 aliphatic rings. The number of carbonyl (C=O) groups excluding carboxylic acids is 2. The summed E-state index contributed by atoms with van der Waals surface area (Å²) in [6.07, 6.45) is -4.54. The summed E-state index contributed by atoms with van der Waals surface area (Å²) < 4.78 is 38.7. The van der Waals surface area contributed by atoms with Crippen LogP contribution >= 0.6 is 0 Å². The van der Waals surface area contributed by atoms with Crippen molar-refractivity contribution in [3.63, 3.8) is 0 Å². The van der Waals surface area contributed by atoms with Crippen LogP contribution in [-0.4, -0.2) is 22.0 Å². The zero-order chi connectivity index (χ0) is 22.2. The SMILES string of the molecule is NC(=O)c1ccc2[nH]nc(-c3cccc(NC(=O)c4cccc(C(F)(F)F)c4)c3)c2c1. The summed E-state index contributed by atoms with van der Waals surface area (Å²) in [5.41, 5.74) is 6.89. The van der Waals surface area contributed by atoms with Crippen LogP contribution in [0.15, 0.2) is 66.7 Å². The molecule has 156 valence electrons. The Morgan fingerprint density at radius 1 is 0.935 bits per heavy atom. The molecule has 0 saturated carbocycles. The first-order valence-electron chi connectivity index (χ1n) is 9.09. The van der Waals surface area contributed by atoms with Gasteiger partial charge in [0.15, 0.2) is 0 Å². The monoisotopic (exact) mass is 424 g/mol. The number of H-pyrrole nitrogens is 1. The second-order valence-electron chi connectivity index (χ2n) is 6.81. The maximum atomic E-state index is 12.9. The number of nitrogens with two attached hydrogens (primary N) is 1. The maximum Gasteiger partial charge on any atom is 0.416 e. The van der Waals surface area contributed by atoms with E-state index in [0.29, 0.717) is 33.4 Å². The minimum Gasteiger partial charge on any atom is -0.366 e. The Bertz CT molecular complexity index is 1310. The number of benzene rings is 3. The molecule has 0 spiro atoms. The summed E-state index contributed by atoms with van der Waals surface area (Å²) in [6.45, 7) is 0. The minimum atomic E-state index is -4.54. The van der Waals surface area contributed by atoms with Crippen molar-refractivity contribution in [1.82, 2.24) is 10.2 Å². The zero-order valence-corrected chi connectivity index (χ0v) is 15.8. The molecule has 0 saturated heterocycles. The number of aromatic amines is 1. The smallest absolute Gasteiger partial charge is 0.366 e. The summed E-state index contributed by atoms with van der Waals surface area (Å²) in [7, 11) is 0. The third-order valence-corrected chi connectivity index (χ3v) is 4.69. The number of anilines is 1. The lowest BCUT2D eigenvalue weighted by Crippen LogP contribution is -2.14. The Hall–Kier alpha value is -4.14. The van der Waals surface area contributed by atoms with Crippen molar-refractivity contribution in [3.8, 4) is 11.3 Å². The standard InChI is InChI=1S/C22H15F3N4O2/c23-22(24,25)15-5-1-4-14(9-15)21(31)27-16-6-2-3-12(10-16)19-17-11-13(20(26)30)7-8-18(17)28-29-19/h1-11H,(H2,26,30)(H,27,31)(H,28,29). The van der Waals surface area contributed by atoms with E-state index < -0.39 is 23.6 Å². The minimum absolute atomic E-state index is 0.114. The van der Waals surface area contributed by atoms with Gasteiger partial charge in [0, 0.05) is 27.8 Å². The molecule has 31 heavy (non-hydrogen) atoms. The number of amides is 2. The first-order chi connectivity index (χ1) is 14.7. The summed E-state index contributed by atoms with van der Waals surface area (Å²) in [4.78, 5) is 24.0. The van der Waals surface area contributed by atoms with Gasteiger partial charge in [0.05, 0.1) is 16.8 Å². The Kier molecular flexibility index (Phi) is 4.94. The molecular formula is C22H15F3N4O2. The van der Waals surface area contributed by atoms with Gasteiger partial charge in [-0.3, -0.25) is 14.7 Å². The molecule has 0 unspecified atom stereocenters. The van der Waals surface area contributed by atoms with Crippen molar-refractivity contribution in [2.45, 2.75) is 6.18 Å². The number of hydrogen-bond donors (Lipinski definition) is 3. The largest absolute Gasteiger partial charge is 0.416 e. The molecule has 3 aromatic carbocycles. The Balaban J connectivity index is 1.64. The predicted octanol–water partition coefficient (Wildman–Crippen LogP) is 4.60. The van der Waals surface area contributed by atoms with E-state index in [1.807, 2.05) is 0 Å². The number of aromatic nitrogens is 2. The normalized spacial score (nSPS) is 11.5. The highest BCUT2D eigenvalue weighted by Crippen LogP contribution is 2.31. The second-order valence-corrected chi connectivity index (χ2v) is 6.81. The summed E-state index contributed by atoms with van der Waals surface area (Å²) in [5, 5.41) is 10.4. The average Bonchev–Trinajstić information content (AvgIpc) is 3.16. The number of fused-ring (bicyclic) bond motifs is 1. The van der Waals surface area contributed by atoms with Crippen molar-refractivity contribution in [2.75, 3.05) is 5.32 Å². The van der Waals surface area contributed by atoms with E-state index in [9.17, 15) is 22.8 Å². The van der Waals surface area contributed by atoms with Crippen LogP contribution in [0.1, 0.15) is 26.3 Å². The zero-order valence-electron chi connectivity index (χ0n) is 15.8. The fraction of sp³-hybridized carbons (Fsp3) is 0.0455. The Morgan fingerprint density at radius 2 is 1.71 bits per heavy atom. The van der Waals surface area contributed by atoms with Gasteiger partial charge in [-0.25, -0.2) is 0 Å². The lowest BCUT2D eigenvalue weighted by atomic mass is 10.0. The van der Waals surface area contributed by atoms with Crippen LogP contribution in [0.4, 0.5) is 18.9 Å². The number of primary amides is 1. The molecule has 4 aromatic rings. The van der Waals surface area contributed by atoms with E-state index in [2.05, 4.69) is 15.5 Å². The van der Waals surface area contributed by atoms with Crippen LogP contribution in [0.2, 0.25) is 0 Å². The van der Waals surface area contributed by atoms with E-state index in [4.69, 9.17) is 5.73 Å². The summed E-state index contributed by atoms with van der Waals surface area (Å²) in [6, 6.07) is 15.8. The third kappa shape index (κ3) is 4.11. The number of rotatable bonds is 4. The third-order valence-electron chi connectivity index (χ3n) is 4.69. The van der Waals surface area contributed by atoms with Gasteiger partial charge in [0.25, 0.3) is 5.91 Å². The van der Waals surface area contributed by atoms with Crippen LogP contribution in [0.5, 0.6) is 0 Å². The molecule has 2 amide bonds. The van der Waals surface area contributed by atoms with Gasteiger partial charge >= 0.3 is 6.18 Å². The van der Waals surface area contributed by atoms with Crippen LogP contribution in [-0.2, 0) is 6.18 Å². The molecule has 0 bridgehead atoms. The molecule has 0 radical (unpaired) electrons. The van der Waals surface area contributed by atoms with Crippen molar-refractivity contribution < 1.29 is 22.8 Å². The van der Waals surface area contributed by atoms with Crippen molar-refractivity contribution in [3.05, 3.63) is 83.4 Å². The fourth-order valence-electron chi connectivity index (χ4n) is 3.17. The second kappa shape index (κ2) is 7.60. The molecule has 9 heteroatoms. The maximum absolute atomic E-state index is 12.9. The van der Waals surface area contributed by atoms with Crippen molar-refractivity contribution >= 4 is 28.4 Å². The molecular weight excluding hydrogens is 409 g/mol. The Morgan fingerprint density at radius 3 is 2.45 bits per heavy atom. The van der Waals surface area contributed by atoms with Gasteiger partial charge < -0.3 is 11.1 Å². The molecule has 1 aromatic heterocycles. The number of halogens is 3. The van der Waals surface area contributed by atoms with Gasteiger partial charge in [-0.15, -0.1) is 0 Å². The van der Waals surface area contributed by atoms with E-state index in [-0.39, 0.29) is 5.56 Å². The van der Waals surface area contributed by atoms with Crippen molar-refractivity contribution in [2.24, 2.45) is 5.73 Å². The van der Waals surface area contributed by atoms with Crippen LogP contribution < -0.4 is 11.1 Å². The van der Waals surface area contributed by atoms with Gasteiger partial charge in [0.2, 0.25) is 5.91 Å². The topological polar surface area (TPSA) is 101 Å². The first-order valence-corrected chi connectivity index (χ1v) is 9.09. The van der Waals surface area contributed by atoms with Gasteiger partial charge in [-0.2, -0.15) is 18.3 Å². The van der Waals surface area contributed by atoms with Crippen LogP contribution in [0, 0.1) is 0 Å². The number of alkyl halides is 3. The van der Waals surface area contributed by atoms with E-state index in [1.54, 1.807) is 42.5 Å². The quantitative estimate of drug-likeness (QED) is 0.446. The molecule has 0 atom stereocenters. The molecule has 1 heterocycles. The van der Waals surface area contributed by atoms with Gasteiger partial charge in [0.1, 0.15) is 0 Å². The van der Waals surface area contributed by atoms with E-state index >= 15 is 0 Å². The van der Waals surface area contributed by atoms with Crippen LogP contribution in [0.25, 0.3) is 22.2 Å². The molecule has 0 fully saturated rings. The highest BCUT2D eigenvalue weighted by Gasteiger charge is 2.30. The highest BCUT2D eigenvalue weighted by molar-refractivity contribution is 6.05.